The van der Waals surface area contributed by atoms with Crippen molar-refractivity contribution in [3.05, 3.63) is 29.8 Å². The van der Waals surface area contributed by atoms with Crippen molar-refractivity contribution in [3.8, 4) is 11.5 Å². The number of methoxy groups -OCH3 is 1. The Morgan fingerprint density at radius 2 is 2.04 bits per heavy atom. The molecule has 0 spiro atoms. The molecule has 1 aromatic rings. The lowest BCUT2D eigenvalue weighted by Gasteiger charge is -2.22. The number of esters is 1. The summed E-state index contributed by atoms with van der Waals surface area (Å²) in [5, 5.41) is 12.4. The van der Waals surface area contributed by atoms with E-state index in [9.17, 15) is 14.7 Å². The third-order valence-corrected chi connectivity index (χ3v) is 3.93. The van der Waals surface area contributed by atoms with Gasteiger partial charge in [0.2, 0.25) is 0 Å². The van der Waals surface area contributed by atoms with Gasteiger partial charge in [-0.2, -0.15) is 0 Å². The summed E-state index contributed by atoms with van der Waals surface area (Å²) < 4.78 is 9.92. The summed E-state index contributed by atoms with van der Waals surface area (Å²) in [5.74, 6) is -0.523. The molecule has 1 aromatic carbocycles. The van der Waals surface area contributed by atoms with Crippen molar-refractivity contribution in [2.24, 2.45) is 0 Å². The van der Waals surface area contributed by atoms with E-state index in [1.54, 1.807) is 12.1 Å². The SMILES string of the molecule is COc1cc(C=CC(=O)OCC(=O)NC2CCCCC2)ccc1O. The quantitative estimate of drug-likeness (QED) is 0.617. The number of hydrogen-bond acceptors (Lipinski definition) is 5. The molecule has 1 fully saturated rings. The highest BCUT2D eigenvalue weighted by Crippen LogP contribution is 2.26. The van der Waals surface area contributed by atoms with Crippen LogP contribution in [0.1, 0.15) is 37.7 Å². The maximum absolute atomic E-state index is 11.8. The zero-order chi connectivity index (χ0) is 17.4. The van der Waals surface area contributed by atoms with Crippen LogP contribution in [0.5, 0.6) is 11.5 Å². The van der Waals surface area contributed by atoms with E-state index >= 15 is 0 Å². The highest BCUT2D eigenvalue weighted by molar-refractivity contribution is 5.89. The van der Waals surface area contributed by atoms with E-state index in [0.717, 1.165) is 25.7 Å². The Labute approximate surface area is 141 Å². The number of phenolic OH excluding ortho intramolecular Hbond substituents is 1. The molecular weight excluding hydrogens is 310 g/mol. The molecule has 0 aliphatic heterocycles. The molecule has 0 bridgehead atoms. The molecule has 1 amide bonds. The fourth-order valence-corrected chi connectivity index (χ4v) is 2.66. The smallest absolute Gasteiger partial charge is 0.331 e. The van der Waals surface area contributed by atoms with Crippen LogP contribution in [0.2, 0.25) is 0 Å². The first-order chi connectivity index (χ1) is 11.6. The second-order valence-electron chi connectivity index (χ2n) is 5.77. The number of phenols is 1. The molecule has 130 valence electrons. The van der Waals surface area contributed by atoms with E-state index in [4.69, 9.17) is 9.47 Å². The van der Waals surface area contributed by atoms with E-state index in [-0.39, 0.29) is 24.3 Å². The zero-order valence-corrected chi connectivity index (χ0v) is 13.8. The van der Waals surface area contributed by atoms with Crippen LogP contribution in [0.4, 0.5) is 0 Å². The van der Waals surface area contributed by atoms with Crippen molar-refractivity contribution in [1.82, 2.24) is 5.32 Å². The number of ether oxygens (including phenoxy) is 2. The van der Waals surface area contributed by atoms with Crippen LogP contribution in [0.3, 0.4) is 0 Å². The number of carbonyl (C=O) groups is 2. The zero-order valence-electron chi connectivity index (χ0n) is 13.8. The van der Waals surface area contributed by atoms with Gasteiger partial charge in [0.1, 0.15) is 0 Å². The van der Waals surface area contributed by atoms with Crippen molar-refractivity contribution in [3.63, 3.8) is 0 Å². The van der Waals surface area contributed by atoms with Gasteiger partial charge in [-0.1, -0.05) is 25.3 Å². The molecule has 0 radical (unpaired) electrons. The largest absolute Gasteiger partial charge is 0.504 e. The van der Waals surface area contributed by atoms with Gasteiger partial charge in [-0.3, -0.25) is 4.79 Å². The lowest BCUT2D eigenvalue weighted by Crippen LogP contribution is -2.38. The minimum absolute atomic E-state index is 0.0246. The second kappa shape index (κ2) is 8.96. The summed E-state index contributed by atoms with van der Waals surface area (Å²) in [6.45, 7) is -0.279. The number of rotatable bonds is 6. The Balaban J connectivity index is 1.77. The maximum atomic E-state index is 11.8. The predicted molar refractivity (Wildman–Crippen MR) is 89.7 cm³/mol. The topological polar surface area (TPSA) is 84.9 Å². The number of benzene rings is 1. The summed E-state index contributed by atoms with van der Waals surface area (Å²) in [7, 11) is 1.45. The van der Waals surface area contributed by atoms with Gasteiger partial charge in [-0.05, 0) is 36.6 Å². The summed E-state index contributed by atoms with van der Waals surface area (Å²) in [6.07, 6.45) is 8.22. The van der Waals surface area contributed by atoms with Crippen molar-refractivity contribution >= 4 is 18.0 Å². The van der Waals surface area contributed by atoms with Crippen molar-refractivity contribution < 1.29 is 24.2 Å². The molecule has 2 rings (SSSR count). The molecule has 0 atom stereocenters. The molecule has 1 aliphatic carbocycles. The molecular formula is C18H23NO5. The predicted octanol–water partition coefficient (Wildman–Crippen LogP) is 2.41. The average Bonchev–Trinajstić information content (AvgIpc) is 2.60. The van der Waals surface area contributed by atoms with Gasteiger partial charge < -0.3 is 19.9 Å². The second-order valence-corrected chi connectivity index (χ2v) is 5.77. The Hall–Kier alpha value is -2.50. The van der Waals surface area contributed by atoms with E-state index in [1.807, 2.05) is 0 Å². The molecule has 1 aliphatic rings. The Morgan fingerprint density at radius 1 is 1.29 bits per heavy atom. The third kappa shape index (κ3) is 5.61. The normalized spacial score (nSPS) is 15.2. The molecule has 2 N–H and O–H groups in total. The number of carbonyl (C=O) groups excluding carboxylic acids is 2. The molecule has 0 heterocycles. The van der Waals surface area contributed by atoms with Gasteiger partial charge in [-0.25, -0.2) is 4.79 Å². The average molecular weight is 333 g/mol. The molecule has 24 heavy (non-hydrogen) atoms. The van der Waals surface area contributed by atoms with E-state index < -0.39 is 5.97 Å². The van der Waals surface area contributed by atoms with Crippen LogP contribution in [0.15, 0.2) is 24.3 Å². The van der Waals surface area contributed by atoms with E-state index in [1.165, 1.54) is 31.7 Å². The van der Waals surface area contributed by atoms with Gasteiger partial charge >= 0.3 is 5.97 Å². The Bertz CT molecular complexity index is 605. The standard InChI is InChI=1S/C18H23NO5/c1-23-16-11-13(7-9-15(16)20)8-10-18(22)24-12-17(21)19-14-5-3-2-4-6-14/h7-11,14,20H,2-6,12H2,1H3,(H,19,21). The maximum Gasteiger partial charge on any atom is 0.331 e. The molecule has 0 aromatic heterocycles. The molecule has 1 saturated carbocycles. The molecule has 6 heteroatoms. The minimum atomic E-state index is -0.596. The van der Waals surface area contributed by atoms with Crippen LogP contribution < -0.4 is 10.1 Å². The molecule has 0 saturated heterocycles. The monoisotopic (exact) mass is 333 g/mol. The minimum Gasteiger partial charge on any atom is -0.504 e. The summed E-state index contributed by atoms with van der Waals surface area (Å²) in [4.78, 5) is 23.4. The van der Waals surface area contributed by atoms with Gasteiger partial charge in [0.25, 0.3) is 5.91 Å². The third-order valence-electron chi connectivity index (χ3n) is 3.93. The summed E-state index contributed by atoms with van der Waals surface area (Å²) >= 11 is 0. The number of amides is 1. The van der Waals surface area contributed by atoms with Crippen molar-refractivity contribution in [1.29, 1.82) is 0 Å². The van der Waals surface area contributed by atoms with Crippen LogP contribution in [-0.4, -0.2) is 36.7 Å². The highest BCUT2D eigenvalue weighted by atomic mass is 16.5. The molecule has 0 unspecified atom stereocenters. The lowest BCUT2D eigenvalue weighted by molar-refractivity contribution is -0.144. The lowest BCUT2D eigenvalue weighted by atomic mass is 9.95. The van der Waals surface area contributed by atoms with Crippen LogP contribution in [0, 0.1) is 0 Å². The van der Waals surface area contributed by atoms with E-state index in [2.05, 4.69) is 5.32 Å². The first-order valence-corrected chi connectivity index (χ1v) is 8.09. The fourth-order valence-electron chi connectivity index (χ4n) is 2.66. The first-order valence-electron chi connectivity index (χ1n) is 8.09. The number of aromatic hydroxyl groups is 1. The Kier molecular flexibility index (Phi) is 6.66. The fraction of sp³-hybridized carbons (Fsp3) is 0.444. The van der Waals surface area contributed by atoms with Crippen LogP contribution in [0.25, 0.3) is 6.08 Å². The van der Waals surface area contributed by atoms with Crippen molar-refractivity contribution in [2.75, 3.05) is 13.7 Å². The van der Waals surface area contributed by atoms with Gasteiger partial charge in [0.15, 0.2) is 18.1 Å². The summed E-state index contributed by atoms with van der Waals surface area (Å²) in [5.41, 5.74) is 0.674. The van der Waals surface area contributed by atoms with E-state index in [0.29, 0.717) is 11.3 Å². The van der Waals surface area contributed by atoms with Gasteiger partial charge in [0, 0.05) is 12.1 Å². The van der Waals surface area contributed by atoms with Crippen molar-refractivity contribution in [2.45, 2.75) is 38.1 Å². The molecule has 6 nitrogen and oxygen atoms in total. The van der Waals surface area contributed by atoms with Crippen LogP contribution >= 0.6 is 0 Å². The Morgan fingerprint density at radius 3 is 2.75 bits per heavy atom. The van der Waals surface area contributed by atoms with Gasteiger partial charge in [0.05, 0.1) is 7.11 Å². The number of nitrogens with one attached hydrogen (secondary N) is 1. The number of hydrogen-bond donors (Lipinski definition) is 2. The summed E-state index contributed by atoms with van der Waals surface area (Å²) in [6, 6.07) is 4.90. The van der Waals surface area contributed by atoms with Gasteiger partial charge in [-0.15, -0.1) is 0 Å². The highest BCUT2D eigenvalue weighted by Gasteiger charge is 2.16. The van der Waals surface area contributed by atoms with Crippen LogP contribution in [-0.2, 0) is 14.3 Å². The first kappa shape index (κ1) is 17.8.